The zero-order valence-electron chi connectivity index (χ0n) is 20.1. The number of aromatic nitrogens is 2. The van der Waals surface area contributed by atoms with Gasteiger partial charge in [0.2, 0.25) is 11.8 Å². The number of carbonyl (C=O) groups excluding carboxylic acids is 3. The van der Waals surface area contributed by atoms with E-state index < -0.39 is 5.66 Å². The highest BCUT2D eigenvalue weighted by Crippen LogP contribution is 2.44. The van der Waals surface area contributed by atoms with Gasteiger partial charge in [0.05, 0.1) is 22.3 Å². The molecule has 1 aromatic heterocycles. The average Bonchev–Trinajstić information content (AvgIpc) is 3.42. The molecule has 0 bridgehead atoms. The molecule has 0 spiro atoms. The van der Waals surface area contributed by atoms with Crippen LogP contribution >= 0.6 is 0 Å². The van der Waals surface area contributed by atoms with Gasteiger partial charge in [-0.3, -0.25) is 19.3 Å². The summed E-state index contributed by atoms with van der Waals surface area (Å²) in [6.07, 6.45) is 2.71. The van der Waals surface area contributed by atoms with Gasteiger partial charge in [0.25, 0.3) is 5.91 Å². The summed E-state index contributed by atoms with van der Waals surface area (Å²) < 4.78 is 0. The maximum absolute atomic E-state index is 13.5. The van der Waals surface area contributed by atoms with Gasteiger partial charge in [-0.25, -0.2) is 4.98 Å². The van der Waals surface area contributed by atoms with Crippen molar-refractivity contribution in [1.29, 1.82) is 0 Å². The highest BCUT2D eigenvalue weighted by molar-refractivity contribution is 6.11. The van der Waals surface area contributed by atoms with Gasteiger partial charge < -0.3 is 14.8 Å². The van der Waals surface area contributed by atoms with Crippen LogP contribution in [0.1, 0.15) is 60.3 Å². The third kappa shape index (κ3) is 3.42. The maximum atomic E-state index is 13.5. The van der Waals surface area contributed by atoms with E-state index in [0.29, 0.717) is 37.2 Å². The largest absolute Gasteiger partial charge is 0.342 e. The van der Waals surface area contributed by atoms with Crippen molar-refractivity contribution in [2.75, 3.05) is 24.5 Å². The van der Waals surface area contributed by atoms with Gasteiger partial charge in [-0.05, 0) is 62.9 Å². The highest BCUT2D eigenvalue weighted by Gasteiger charge is 2.53. The molecule has 2 unspecified atom stereocenters. The van der Waals surface area contributed by atoms with Crippen molar-refractivity contribution in [3.05, 3.63) is 59.4 Å². The first kappa shape index (κ1) is 21.8. The highest BCUT2D eigenvalue weighted by atomic mass is 16.2. The van der Waals surface area contributed by atoms with E-state index in [9.17, 15) is 14.4 Å². The zero-order valence-corrected chi connectivity index (χ0v) is 20.1. The number of amides is 3. The summed E-state index contributed by atoms with van der Waals surface area (Å²) in [5.41, 5.74) is 3.41. The zero-order chi connectivity index (χ0) is 24.3. The van der Waals surface area contributed by atoms with Gasteiger partial charge >= 0.3 is 0 Å². The lowest BCUT2D eigenvalue weighted by Crippen LogP contribution is -2.64. The minimum Gasteiger partial charge on any atom is -0.342 e. The van der Waals surface area contributed by atoms with Crippen LogP contribution in [0.2, 0.25) is 0 Å². The Balaban J connectivity index is 1.24. The van der Waals surface area contributed by atoms with Crippen molar-refractivity contribution < 1.29 is 14.4 Å². The molecule has 1 N–H and O–H groups in total. The minimum atomic E-state index is -0.829. The fourth-order valence-corrected chi connectivity index (χ4v) is 5.94. The first-order chi connectivity index (χ1) is 16.8. The molecular formula is C27H29N5O3. The summed E-state index contributed by atoms with van der Waals surface area (Å²) >= 11 is 0. The molecule has 180 valence electrons. The molecule has 8 heteroatoms. The Morgan fingerprint density at radius 2 is 2.03 bits per heavy atom. The number of H-pyrrole nitrogens is 1. The van der Waals surface area contributed by atoms with Crippen LogP contribution in [0, 0.1) is 6.92 Å². The molecule has 2 atom stereocenters. The first-order valence-electron chi connectivity index (χ1n) is 12.3. The van der Waals surface area contributed by atoms with Crippen molar-refractivity contribution in [2.45, 2.75) is 51.1 Å². The summed E-state index contributed by atoms with van der Waals surface area (Å²) in [5.74, 6) is 0.741. The second-order valence-corrected chi connectivity index (χ2v) is 10.2. The third-order valence-corrected chi connectivity index (χ3v) is 7.86. The molecule has 3 aromatic rings. The second kappa shape index (κ2) is 7.93. The van der Waals surface area contributed by atoms with Crippen LogP contribution in [-0.2, 0) is 9.59 Å². The number of benzene rings is 2. The fourth-order valence-electron chi connectivity index (χ4n) is 5.94. The molecule has 2 aromatic carbocycles. The number of aryl methyl sites for hydroxylation is 1. The third-order valence-electron chi connectivity index (χ3n) is 7.86. The lowest BCUT2D eigenvalue weighted by molar-refractivity contribution is -0.134. The Morgan fingerprint density at radius 3 is 2.89 bits per heavy atom. The Bertz CT molecular complexity index is 1360. The van der Waals surface area contributed by atoms with Gasteiger partial charge in [-0.2, -0.15) is 0 Å². The first-order valence-corrected chi connectivity index (χ1v) is 12.3. The number of hydrogen-bond acceptors (Lipinski definition) is 4. The number of hydrogen-bond donors (Lipinski definition) is 1. The molecule has 2 fully saturated rings. The Morgan fingerprint density at radius 1 is 1.20 bits per heavy atom. The monoisotopic (exact) mass is 471 g/mol. The van der Waals surface area contributed by atoms with Crippen LogP contribution in [0.4, 0.5) is 5.69 Å². The van der Waals surface area contributed by atoms with E-state index >= 15 is 0 Å². The van der Waals surface area contributed by atoms with E-state index in [1.807, 2.05) is 30.0 Å². The number of carbonyl (C=O) groups is 3. The van der Waals surface area contributed by atoms with Gasteiger partial charge in [0.15, 0.2) is 0 Å². The minimum absolute atomic E-state index is 0.0111. The number of imidazole rings is 1. The van der Waals surface area contributed by atoms with Crippen LogP contribution < -0.4 is 4.90 Å². The van der Waals surface area contributed by atoms with Crippen LogP contribution in [0.5, 0.6) is 0 Å². The Labute approximate surface area is 203 Å². The summed E-state index contributed by atoms with van der Waals surface area (Å²) in [7, 11) is 0. The topological polar surface area (TPSA) is 89.6 Å². The molecule has 3 amide bonds. The van der Waals surface area contributed by atoms with Gasteiger partial charge in [0, 0.05) is 25.4 Å². The van der Waals surface area contributed by atoms with Crippen LogP contribution in [-0.4, -0.2) is 62.8 Å². The number of nitrogens with zero attached hydrogens (tertiary/aromatic N) is 4. The number of rotatable bonds is 3. The Hall–Kier alpha value is -3.68. The molecular weight excluding hydrogens is 442 g/mol. The summed E-state index contributed by atoms with van der Waals surface area (Å²) in [4.78, 5) is 53.2. The van der Waals surface area contributed by atoms with Crippen molar-refractivity contribution >= 4 is 34.4 Å². The SMILES string of the molecule is Cc1ccc2nc(C3CCCN(C(=O)CN4C(=O)c5ccccc5N5C(=O)CCC45C)C3)[nH]c2c1. The number of likely N-dealkylation sites (tertiary alicyclic amines) is 1. The summed E-state index contributed by atoms with van der Waals surface area (Å²) in [5, 5.41) is 0. The van der Waals surface area contributed by atoms with E-state index in [0.717, 1.165) is 29.7 Å². The predicted octanol–water partition coefficient (Wildman–Crippen LogP) is 3.58. The van der Waals surface area contributed by atoms with Crippen LogP contribution in [0.15, 0.2) is 42.5 Å². The van der Waals surface area contributed by atoms with E-state index in [1.165, 1.54) is 5.56 Å². The number of fused-ring (bicyclic) bond motifs is 4. The average molecular weight is 472 g/mol. The number of anilines is 1. The van der Waals surface area contributed by atoms with Crippen molar-refractivity contribution in [1.82, 2.24) is 19.8 Å². The van der Waals surface area contributed by atoms with Crippen molar-refractivity contribution in [3.8, 4) is 0 Å². The second-order valence-electron chi connectivity index (χ2n) is 10.2. The molecule has 0 saturated carbocycles. The van der Waals surface area contributed by atoms with Crippen LogP contribution in [0.3, 0.4) is 0 Å². The normalized spacial score (nSPS) is 24.2. The standard InChI is InChI=1S/C27H29N5O3/c1-17-9-10-20-21(14-17)29-25(28-20)18-6-5-13-30(15-18)24(34)16-31-26(35)19-7-3-4-8-22(19)32-23(33)11-12-27(31,32)2/h3-4,7-10,14,18H,5-6,11-13,15-16H2,1-2H3,(H,28,29). The van der Waals surface area contributed by atoms with Gasteiger partial charge in [0.1, 0.15) is 18.0 Å². The maximum Gasteiger partial charge on any atom is 0.258 e. The van der Waals surface area contributed by atoms with E-state index in [1.54, 1.807) is 21.9 Å². The van der Waals surface area contributed by atoms with E-state index in [-0.39, 0.29) is 30.2 Å². The predicted molar refractivity (Wildman–Crippen MR) is 132 cm³/mol. The number of para-hydroxylation sites is 1. The number of nitrogens with one attached hydrogen (secondary N) is 1. The quantitative estimate of drug-likeness (QED) is 0.632. The fraction of sp³-hybridized carbons (Fsp3) is 0.407. The van der Waals surface area contributed by atoms with Crippen molar-refractivity contribution in [3.63, 3.8) is 0 Å². The van der Waals surface area contributed by atoms with E-state index in [2.05, 4.69) is 24.0 Å². The molecule has 0 radical (unpaired) electrons. The molecule has 2 saturated heterocycles. The number of piperidine rings is 1. The molecule has 0 aliphatic carbocycles. The molecule has 4 heterocycles. The van der Waals surface area contributed by atoms with Gasteiger partial charge in [-0.1, -0.05) is 18.2 Å². The Kier molecular flexibility index (Phi) is 4.95. The van der Waals surface area contributed by atoms with E-state index in [4.69, 9.17) is 4.98 Å². The lowest BCUT2D eigenvalue weighted by Gasteiger charge is -2.49. The van der Waals surface area contributed by atoms with Crippen molar-refractivity contribution in [2.24, 2.45) is 0 Å². The number of aromatic amines is 1. The van der Waals surface area contributed by atoms with Crippen LogP contribution in [0.25, 0.3) is 11.0 Å². The smallest absolute Gasteiger partial charge is 0.258 e. The molecule has 3 aliphatic heterocycles. The van der Waals surface area contributed by atoms with Gasteiger partial charge in [-0.15, -0.1) is 0 Å². The summed E-state index contributed by atoms with van der Waals surface area (Å²) in [6.45, 7) is 5.14. The molecule has 3 aliphatic rings. The molecule has 6 rings (SSSR count). The molecule has 8 nitrogen and oxygen atoms in total. The summed E-state index contributed by atoms with van der Waals surface area (Å²) in [6, 6.07) is 13.3. The lowest BCUT2D eigenvalue weighted by atomic mass is 9.96. The molecule has 35 heavy (non-hydrogen) atoms.